The molecule has 3 aromatic rings. The standard InChI is InChI=1S/C18H18FN3/c1-20-16-11-21-18(17-14(16)9-6-10-15(17)19)22(2)12-13-7-4-3-5-8-13/h3-11,20H,12H2,1-2H3. The van der Waals surface area contributed by atoms with Crippen molar-refractivity contribution in [2.45, 2.75) is 6.54 Å². The molecule has 0 atom stereocenters. The van der Waals surface area contributed by atoms with Crippen LogP contribution in [0.5, 0.6) is 0 Å². The van der Waals surface area contributed by atoms with Crippen LogP contribution in [-0.4, -0.2) is 19.1 Å². The van der Waals surface area contributed by atoms with Gasteiger partial charge in [0.1, 0.15) is 11.6 Å². The molecule has 3 rings (SSSR count). The second kappa shape index (κ2) is 6.02. The summed E-state index contributed by atoms with van der Waals surface area (Å²) in [6.07, 6.45) is 1.75. The van der Waals surface area contributed by atoms with Gasteiger partial charge in [-0.25, -0.2) is 9.37 Å². The fourth-order valence-corrected chi connectivity index (χ4v) is 2.66. The van der Waals surface area contributed by atoms with Crippen molar-refractivity contribution < 1.29 is 4.39 Å². The molecule has 0 saturated heterocycles. The number of nitrogens with one attached hydrogen (secondary N) is 1. The van der Waals surface area contributed by atoms with Gasteiger partial charge in [-0.05, 0) is 11.6 Å². The van der Waals surface area contributed by atoms with Crippen LogP contribution >= 0.6 is 0 Å². The highest BCUT2D eigenvalue weighted by Crippen LogP contribution is 2.32. The Morgan fingerprint density at radius 3 is 2.59 bits per heavy atom. The van der Waals surface area contributed by atoms with Crippen molar-refractivity contribution in [2.75, 3.05) is 24.3 Å². The van der Waals surface area contributed by atoms with Crippen LogP contribution in [0.15, 0.2) is 54.7 Å². The number of halogens is 1. The minimum Gasteiger partial charge on any atom is -0.386 e. The van der Waals surface area contributed by atoms with Crippen LogP contribution in [0, 0.1) is 5.82 Å². The number of pyridine rings is 1. The van der Waals surface area contributed by atoms with Gasteiger partial charge >= 0.3 is 0 Å². The molecule has 112 valence electrons. The summed E-state index contributed by atoms with van der Waals surface area (Å²) < 4.78 is 14.4. The topological polar surface area (TPSA) is 28.2 Å². The molecule has 0 radical (unpaired) electrons. The molecule has 0 aliphatic heterocycles. The van der Waals surface area contributed by atoms with Crippen molar-refractivity contribution in [3.05, 3.63) is 66.1 Å². The Labute approximate surface area is 129 Å². The van der Waals surface area contributed by atoms with Crippen molar-refractivity contribution in [2.24, 2.45) is 0 Å². The van der Waals surface area contributed by atoms with Crippen LogP contribution in [0.1, 0.15) is 5.56 Å². The van der Waals surface area contributed by atoms with Gasteiger partial charge in [-0.15, -0.1) is 0 Å². The summed E-state index contributed by atoms with van der Waals surface area (Å²) in [7, 11) is 3.75. The van der Waals surface area contributed by atoms with Crippen molar-refractivity contribution in [1.29, 1.82) is 0 Å². The van der Waals surface area contributed by atoms with E-state index in [1.807, 2.05) is 43.3 Å². The highest BCUT2D eigenvalue weighted by molar-refractivity contribution is 6.00. The summed E-state index contributed by atoms with van der Waals surface area (Å²) in [5.41, 5.74) is 1.99. The van der Waals surface area contributed by atoms with Gasteiger partial charge in [0.2, 0.25) is 0 Å². The van der Waals surface area contributed by atoms with Gasteiger partial charge in [0.25, 0.3) is 0 Å². The molecule has 0 unspecified atom stereocenters. The van der Waals surface area contributed by atoms with Gasteiger partial charge in [0.15, 0.2) is 0 Å². The number of hydrogen-bond donors (Lipinski definition) is 1. The molecule has 4 heteroatoms. The number of nitrogens with zero attached hydrogens (tertiary/aromatic N) is 2. The van der Waals surface area contributed by atoms with Crippen LogP contribution in [0.2, 0.25) is 0 Å². The molecule has 3 nitrogen and oxygen atoms in total. The Morgan fingerprint density at radius 1 is 1.09 bits per heavy atom. The predicted molar refractivity (Wildman–Crippen MR) is 89.8 cm³/mol. The average Bonchev–Trinajstić information content (AvgIpc) is 2.55. The smallest absolute Gasteiger partial charge is 0.139 e. The molecular formula is C18H18FN3. The number of anilines is 2. The van der Waals surface area contributed by atoms with E-state index in [1.165, 1.54) is 6.07 Å². The third-order valence-electron chi connectivity index (χ3n) is 3.74. The van der Waals surface area contributed by atoms with Crippen molar-refractivity contribution >= 4 is 22.3 Å². The summed E-state index contributed by atoms with van der Waals surface area (Å²) in [4.78, 5) is 6.43. The normalized spacial score (nSPS) is 10.7. The van der Waals surface area contributed by atoms with Crippen molar-refractivity contribution in [1.82, 2.24) is 4.98 Å². The van der Waals surface area contributed by atoms with Crippen LogP contribution in [0.3, 0.4) is 0 Å². The Kier molecular flexibility index (Phi) is 3.92. The van der Waals surface area contributed by atoms with Gasteiger partial charge in [-0.1, -0.05) is 42.5 Å². The third-order valence-corrected chi connectivity index (χ3v) is 3.74. The van der Waals surface area contributed by atoms with Crippen LogP contribution in [-0.2, 0) is 6.54 Å². The maximum atomic E-state index is 14.4. The summed E-state index contributed by atoms with van der Waals surface area (Å²) in [6, 6.07) is 15.2. The second-order valence-corrected chi connectivity index (χ2v) is 5.25. The minimum atomic E-state index is -0.253. The first kappa shape index (κ1) is 14.3. The molecule has 0 amide bonds. The van der Waals surface area contributed by atoms with E-state index in [1.54, 1.807) is 12.3 Å². The zero-order chi connectivity index (χ0) is 15.5. The molecule has 22 heavy (non-hydrogen) atoms. The van der Waals surface area contributed by atoms with E-state index in [0.29, 0.717) is 17.7 Å². The molecule has 1 heterocycles. The van der Waals surface area contributed by atoms with Gasteiger partial charge in [0, 0.05) is 26.0 Å². The molecular weight excluding hydrogens is 277 g/mol. The first-order valence-corrected chi connectivity index (χ1v) is 7.20. The molecule has 0 aliphatic rings. The lowest BCUT2D eigenvalue weighted by atomic mass is 10.1. The third kappa shape index (κ3) is 2.60. The van der Waals surface area contributed by atoms with Gasteiger partial charge in [-0.2, -0.15) is 0 Å². The van der Waals surface area contributed by atoms with E-state index in [9.17, 15) is 4.39 Å². The molecule has 1 aromatic heterocycles. The van der Waals surface area contributed by atoms with Crippen LogP contribution in [0.4, 0.5) is 15.9 Å². The quantitative estimate of drug-likeness (QED) is 0.787. The van der Waals surface area contributed by atoms with Gasteiger partial charge in [-0.3, -0.25) is 0 Å². The lowest BCUT2D eigenvalue weighted by Crippen LogP contribution is -2.18. The van der Waals surface area contributed by atoms with Gasteiger partial charge < -0.3 is 10.2 Å². The lowest BCUT2D eigenvalue weighted by molar-refractivity contribution is 0.639. The van der Waals surface area contributed by atoms with Crippen molar-refractivity contribution in [3.63, 3.8) is 0 Å². The predicted octanol–water partition coefficient (Wildman–Crippen LogP) is 4.05. The van der Waals surface area contributed by atoms with E-state index >= 15 is 0 Å². The summed E-state index contributed by atoms with van der Waals surface area (Å²) in [5.74, 6) is 0.396. The number of hydrogen-bond acceptors (Lipinski definition) is 3. The first-order chi connectivity index (χ1) is 10.7. The zero-order valence-electron chi connectivity index (χ0n) is 12.7. The summed E-state index contributed by atoms with van der Waals surface area (Å²) >= 11 is 0. The van der Waals surface area contributed by atoms with E-state index < -0.39 is 0 Å². The van der Waals surface area contributed by atoms with E-state index in [-0.39, 0.29) is 5.82 Å². The molecule has 0 spiro atoms. The monoisotopic (exact) mass is 295 g/mol. The fraction of sp³-hybridized carbons (Fsp3) is 0.167. The SMILES string of the molecule is CNc1cnc(N(C)Cc2ccccc2)c2c(F)cccc12. The van der Waals surface area contributed by atoms with Crippen molar-refractivity contribution in [3.8, 4) is 0 Å². The van der Waals surface area contributed by atoms with E-state index in [0.717, 1.165) is 16.6 Å². The molecule has 2 aromatic carbocycles. The molecule has 0 saturated carbocycles. The zero-order valence-corrected chi connectivity index (χ0v) is 12.7. The lowest BCUT2D eigenvalue weighted by Gasteiger charge is -2.21. The Bertz CT molecular complexity index is 787. The number of aromatic nitrogens is 1. The maximum Gasteiger partial charge on any atom is 0.139 e. The fourth-order valence-electron chi connectivity index (χ4n) is 2.66. The molecule has 0 bridgehead atoms. The summed E-state index contributed by atoms with van der Waals surface area (Å²) in [5, 5.41) is 4.45. The average molecular weight is 295 g/mol. The highest BCUT2D eigenvalue weighted by atomic mass is 19.1. The Morgan fingerprint density at radius 2 is 1.86 bits per heavy atom. The number of rotatable bonds is 4. The van der Waals surface area contributed by atoms with E-state index in [2.05, 4.69) is 22.4 Å². The molecule has 0 aliphatic carbocycles. The highest BCUT2D eigenvalue weighted by Gasteiger charge is 2.14. The number of fused-ring (bicyclic) bond motifs is 1. The largest absolute Gasteiger partial charge is 0.386 e. The Hall–Kier alpha value is -2.62. The minimum absolute atomic E-state index is 0.253. The van der Waals surface area contributed by atoms with E-state index in [4.69, 9.17) is 0 Å². The van der Waals surface area contributed by atoms with Gasteiger partial charge in [0.05, 0.1) is 17.3 Å². The molecule has 0 fully saturated rings. The Balaban J connectivity index is 2.07. The summed E-state index contributed by atoms with van der Waals surface area (Å²) in [6.45, 7) is 0.677. The first-order valence-electron chi connectivity index (χ1n) is 7.20. The number of benzene rings is 2. The maximum absolute atomic E-state index is 14.4. The van der Waals surface area contributed by atoms with Crippen LogP contribution < -0.4 is 10.2 Å². The van der Waals surface area contributed by atoms with Crippen LogP contribution in [0.25, 0.3) is 10.8 Å². The second-order valence-electron chi connectivity index (χ2n) is 5.25. The molecule has 1 N–H and O–H groups in total.